The molecular weight excluding hydrogens is 338 g/mol. The Morgan fingerprint density at radius 1 is 1.24 bits per heavy atom. The van der Waals surface area contributed by atoms with Crippen molar-refractivity contribution in [2.24, 2.45) is 0 Å². The molecule has 7 nitrogen and oxygen atoms in total. The van der Waals surface area contributed by atoms with Crippen LogP contribution in [0.5, 0.6) is 0 Å². The number of rotatable bonds is 6. The van der Waals surface area contributed by atoms with Crippen LogP contribution in [0.1, 0.15) is 37.6 Å². The topological polar surface area (TPSA) is 89.8 Å². The summed E-state index contributed by atoms with van der Waals surface area (Å²) in [5.41, 5.74) is 0.464. The molecule has 0 saturated heterocycles. The van der Waals surface area contributed by atoms with E-state index in [0.29, 0.717) is 22.0 Å². The van der Waals surface area contributed by atoms with Crippen LogP contribution in [0, 0.1) is 0 Å². The summed E-state index contributed by atoms with van der Waals surface area (Å²) in [4.78, 5) is 24.2. The fourth-order valence-electron chi connectivity index (χ4n) is 2.67. The van der Waals surface area contributed by atoms with Crippen LogP contribution < -0.4 is 10.7 Å². The number of carbonyl (C=O) groups is 1. The molecule has 0 unspecified atom stereocenters. The summed E-state index contributed by atoms with van der Waals surface area (Å²) >= 11 is 1.40. The minimum atomic E-state index is -0.256. The molecule has 2 heterocycles. The maximum atomic E-state index is 12.3. The van der Waals surface area contributed by atoms with E-state index in [-0.39, 0.29) is 17.9 Å². The normalized spacial score (nSPS) is 11.2. The molecule has 0 fully saturated rings. The lowest BCUT2D eigenvalue weighted by molar-refractivity contribution is -0.116. The first kappa shape index (κ1) is 17.2. The van der Waals surface area contributed by atoms with Gasteiger partial charge in [-0.3, -0.25) is 19.6 Å². The number of nitrogens with zero attached hydrogens (tertiary/aromatic N) is 4. The number of fused-ring (bicyclic) bond motifs is 1. The Balaban J connectivity index is 1.76. The number of amides is 1. The molecule has 25 heavy (non-hydrogen) atoms. The average Bonchev–Trinajstić information content (AvgIpc) is 3.07. The number of anilines is 1. The standard InChI is InChI=1S/C17H19N5O2S/c1-3-11(4-2)16-20-21-17(25-16)19-15(24)10-22-13-8-6-5-7-12(13)14(23)9-18-22/h5-9,11H,3-4,10H2,1-2H3,(H,19,21,24). The van der Waals surface area contributed by atoms with Crippen molar-refractivity contribution < 1.29 is 4.79 Å². The first-order valence-corrected chi connectivity index (χ1v) is 9.02. The van der Waals surface area contributed by atoms with Gasteiger partial charge in [0.25, 0.3) is 0 Å². The summed E-state index contributed by atoms with van der Waals surface area (Å²) in [6, 6.07) is 7.09. The zero-order chi connectivity index (χ0) is 17.8. The first-order chi connectivity index (χ1) is 12.1. The Kier molecular flexibility index (Phi) is 5.18. The summed E-state index contributed by atoms with van der Waals surface area (Å²) in [6.07, 6.45) is 3.21. The largest absolute Gasteiger partial charge is 0.299 e. The minimum absolute atomic E-state index is 0.000685. The highest BCUT2D eigenvalue weighted by Crippen LogP contribution is 2.28. The van der Waals surface area contributed by atoms with E-state index < -0.39 is 0 Å². The van der Waals surface area contributed by atoms with E-state index in [0.717, 1.165) is 17.8 Å². The van der Waals surface area contributed by atoms with Gasteiger partial charge < -0.3 is 0 Å². The molecule has 0 bridgehead atoms. The van der Waals surface area contributed by atoms with Crippen molar-refractivity contribution in [1.82, 2.24) is 20.0 Å². The highest BCUT2D eigenvalue weighted by atomic mass is 32.1. The summed E-state index contributed by atoms with van der Waals surface area (Å²) < 4.78 is 1.51. The van der Waals surface area contributed by atoms with E-state index in [1.165, 1.54) is 22.2 Å². The zero-order valence-corrected chi connectivity index (χ0v) is 14.9. The van der Waals surface area contributed by atoms with Gasteiger partial charge in [-0.05, 0) is 25.0 Å². The molecule has 0 radical (unpaired) electrons. The molecule has 0 aliphatic rings. The lowest BCUT2D eigenvalue weighted by atomic mass is 10.1. The van der Waals surface area contributed by atoms with Gasteiger partial charge in [0.05, 0.1) is 11.7 Å². The smallest absolute Gasteiger partial charge is 0.247 e. The Labute approximate surface area is 148 Å². The van der Waals surface area contributed by atoms with Crippen LogP contribution in [0.4, 0.5) is 5.13 Å². The fourth-order valence-corrected chi connectivity index (χ4v) is 3.70. The quantitative estimate of drug-likeness (QED) is 0.733. The van der Waals surface area contributed by atoms with Crippen LogP contribution >= 0.6 is 11.3 Å². The van der Waals surface area contributed by atoms with E-state index in [1.807, 2.05) is 6.07 Å². The van der Waals surface area contributed by atoms with Crippen molar-refractivity contribution in [1.29, 1.82) is 0 Å². The number of benzene rings is 1. The molecule has 1 N–H and O–H groups in total. The number of hydrogen-bond acceptors (Lipinski definition) is 6. The lowest BCUT2D eigenvalue weighted by Gasteiger charge is -2.08. The maximum Gasteiger partial charge on any atom is 0.247 e. The summed E-state index contributed by atoms with van der Waals surface area (Å²) in [6.45, 7) is 4.22. The fraction of sp³-hybridized carbons (Fsp3) is 0.353. The third-order valence-corrected chi connectivity index (χ3v) is 5.08. The molecular formula is C17H19N5O2S. The van der Waals surface area contributed by atoms with E-state index >= 15 is 0 Å². The molecule has 1 amide bonds. The first-order valence-electron chi connectivity index (χ1n) is 8.20. The minimum Gasteiger partial charge on any atom is -0.299 e. The third kappa shape index (κ3) is 3.74. The van der Waals surface area contributed by atoms with Crippen LogP contribution in [0.2, 0.25) is 0 Å². The van der Waals surface area contributed by atoms with Crippen molar-refractivity contribution in [3.63, 3.8) is 0 Å². The van der Waals surface area contributed by atoms with Gasteiger partial charge in [0.1, 0.15) is 11.6 Å². The highest BCUT2D eigenvalue weighted by Gasteiger charge is 2.15. The number of para-hydroxylation sites is 1. The van der Waals surface area contributed by atoms with Gasteiger partial charge >= 0.3 is 0 Å². The molecule has 130 valence electrons. The third-order valence-electron chi connectivity index (χ3n) is 4.08. The van der Waals surface area contributed by atoms with Crippen molar-refractivity contribution >= 4 is 33.3 Å². The zero-order valence-electron chi connectivity index (χ0n) is 14.1. The lowest BCUT2D eigenvalue weighted by Crippen LogP contribution is -2.22. The maximum absolute atomic E-state index is 12.3. The number of aromatic nitrogens is 4. The second kappa shape index (κ2) is 7.52. The molecule has 0 spiro atoms. The summed E-state index contributed by atoms with van der Waals surface area (Å²) in [7, 11) is 0. The van der Waals surface area contributed by atoms with Crippen LogP contribution in [-0.4, -0.2) is 25.9 Å². The highest BCUT2D eigenvalue weighted by molar-refractivity contribution is 7.15. The molecule has 0 saturated carbocycles. The number of hydrogen-bond donors (Lipinski definition) is 1. The monoisotopic (exact) mass is 357 g/mol. The molecule has 8 heteroatoms. The molecule has 0 aliphatic heterocycles. The predicted octanol–water partition coefficient (Wildman–Crippen LogP) is 2.79. The van der Waals surface area contributed by atoms with Gasteiger partial charge in [0.2, 0.25) is 16.5 Å². The molecule has 3 aromatic rings. The van der Waals surface area contributed by atoms with Crippen LogP contribution in [0.25, 0.3) is 10.9 Å². The van der Waals surface area contributed by atoms with Crippen LogP contribution in [-0.2, 0) is 11.3 Å². The predicted molar refractivity (Wildman–Crippen MR) is 97.9 cm³/mol. The van der Waals surface area contributed by atoms with Gasteiger partial charge in [-0.1, -0.05) is 37.3 Å². The van der Waals surface area contributed by atoms with Crippen LogP contribution in [0.15, 0.2) is 35.3 Å². The summed E-state index contributed by atoms with van der Waals surface area (Å²) in [5, 5.41) is 17.0. The summed E-state index contributed by atoms with van der Waals surface area (Å²) in [5.74, 6) is 0.112. The van der Waals surface area contributed by atoms with Crippen molar-refractivity contribution in [2.45, 2.75) is 39.2 Å². The molecule has 0 atom stereocenters. The Hall–Kier alpha value is -2.61. The molecule has 0 aliphatic carbocycles. The van der Waals surface area contributed by atoms with E-state index in [1.54, 1.807) is 18.2 Å². The van der Waals surface area contributed by atoms with Crippen molar-refractivity contribution in [2.75, 3.05) is 5.32 Å². The van der Waals surface area contributed by atoms with Gasteiger partial charge in [0, 0.05) is 11.3 Å². The van der Waals surface area contributed by atoms with Crippen molar-refractivity contribution in [3.8, 4) is 0 Å². The Morgan fingerprint density at radius 2 is 2.00 bits per heavy atom. The van der Waals surface area contributed by atoms with Gasteiger partial charge in [-0.2, -0.15) is 5.10 Å². The Bertz CT molecular complexity index is 945. The van der Waals surface area contributed by atoms with Gasteiger partial charge in [-0.15, -0.1) is 10.2 Å². The van der Waals surface area contributed by atoms with Crippen LogP contribution in [0.3, 0.4) is 0 Å². The number of carbonyl (C=O) groups excluding carboxylic acids is 1. The number of nitrogens with one attached hydrogen (secondary N) is 1. The van der Waals surface area contributed by atoms with Crippen molar-refractivity contribution in [3.05, 3.63) is 45.7 Å². The van der Waals surface area contributed by atoms with E-state index in [4.69, 9.17) is 0 Å². The van der Waals surface area contributed by atoms with Gasteiger partial charge in [-0.25, -0.2) is 0 Å². The molecule has 3 rings (SSSR count). The van der Waals surface area contributed by atoms with Gasteiger partial charge in [0.15, 0.2) is 0 Å². The molecule has 1 aromatic carbocycles. The Morgan fingerprint density at radius 3 is 2.76 bits per heavy atom. The van der Waals surface area contributed by atoms with E-state index in [2.05, 4.69) is 34.5 Å². The second-order valence-electron chi connectivity index (χ2n) is 5.69. The molecule has 2 aromatic heterocycles. The second-order valence-corrected chi connectivity index (χ2v) is 6.70. The SMILES string of the molecule is CCC(CC)c1nnc(NC(=O)Cn2ncc(=O)c3ccccc32)s1. The van der Waals surface area contributed by atoms with E-state index in [9.17, 15) is 9.59 Å². The average molecular weight is 357 g/mol.